The number of amides is 2. The van der Waals surface area contributed by atoms with Gasteiger partial charge in [-0.1, -0.05) is 0 Å². The zero-order chi connectivity index (χ0) is 17.8. The fraction of sp³-hybridized carbons (Fsp3) is 0.611. The molecule has 2 aliphatic heterocycles. The summed E-state index contributed by atoms with van der Waals surface area (Å²) in [7, 11) is 1.66. The molecule has 136 valence electrons. The number of carbonyl (C=O) groups is 2. The SMILES string of the molecule is COCCCN1C(=O)CCC2CN(C(=O)c3ccncc3F)CCC21. The summed E-state index contributed by atoms with van der Waals surface area (Å²) in [6.45, 7) is 2.43. The molecule has 0 aromatic carbocycles. The van der Waals surface area contributed by atoms with Gasteiger partial charge in [-0.05, 0) is 31.2 Å². The van der Waals surface area contributed by atoms with Gasteiger partial charge < -0.3 is 14.5 Å². The zero-order valence-corrected chi connectivity index (χ0v) is 14.5. The van der Waals surface area contributed by atoms with Crippen molar-refractivity contribution in [1.82, 2.24) is 14.8 Å². The van der Waals surface area contributed by atoms with Crippen LogP contribution in [-0.4, -0.2) is 66.0 Å². The highest BCUT2D eigenvalue weighted by atomic mass is 19.1. The Labute approximate surface area is 147 Å². The predicted octanol–water partition coefficient (Wildman–Crippen LogP) is 1.71. The molecule has 3 heterocycles. The van der Waals surface area contributed by atoms with Gasteiger partial charge in [0.05, 0.1) is 11.8 Å². The van der Waals surface area contributed by atoms with Crippen LogP contribution in [0.1, 0.15) is 36.0 Å². The van der Waals surface area contributed by atoms with E-state index in [1.165, 1.54) is 12.3 Å². The number of ether oxygens (including phenoxy) is 1. The van der Waals surface area contributed by atoms with Crippen LogP contribution in [-0.2, 0) is 9.53 Å². The van der Waals surface area contributed by atoms with Gasteiger partial charge in [0.1, 0.15) is 0 Å². The number of hydrogen-bond donors (Lipinski definition) is 0. The maximum Gasteiger partial charge on any atom is 0.256 e. The number of hydrogen-bond acceptors (Lipinski definition) is 4. The maximum atomic E-state index is 13.8. The topological polar surface area (TPSA) is 62.7 Å². The van der Waals surface area contributed by atoms with Crippen LogP contribution in [0.3, 0.4) is 0 Å². The first-order valence-electron chi connectivity index (χ1n) is 8.79. The van der Waals surface area contributed by atoms with Gasteiger partial charge in [0.25, 0.3) is 5.91 Å². The third-order valence-corrected chi connectivity index (χ3v) is 5.18. The number of halogens is 1. The second-order valence-corrected chi connectivity index (χ2v) is 6.69. The Bertz CT molecular complexity index is 640. The monoisotopic (exact) mass is 349 g/mol. The van der Waals surface area contributed by atoms with E-state index in [2.05, 4.69) is 4.98 Å². The summed E-state index contributed by atoms with van der Waals surface area (Å²) < 4.78 is 18.9. The summed E-state index contributed by atoms with van der Waals surface area (Å²) >= 11 is 0. The Morgan fingerprint density at radius 2 is 2.28 bits per heavy atom. The van der Waals surface area contributed by atoms with Gasteiger partial charge in [0.15, 0.2) is 5.82 Å². The first kappa shape index (κ1) is 17.8. The van der Waals surface area contributed by atoms with Crippen LogP contribution in [0.25, 0.3) is 0 Å². The van der Waals surface area contributed by atoms with Gasteiger partial charge in [0, 0.05) is 52.0 Å². The Morgan fingerprint density at radius 3 is 3.04 bits per heavy atom. The lowest BCUT2D eigenvalue weighted by Crippen LogP contribution is -2.57. The first-order valence-corrected chi connectivity index (χ1v) is 8.79. The highest BCUT2D eigenvalue weighted by Crippen LogP contribution is 2.32. The van der Waals surface area contributed by atoms with Gasteiger partial charge in [0.2, 0.25) is 5.91 Å². The number of fused-ring (bicyclic) bond motifs is 1. The third kappa shape index (κ3) is 3.81. The molecule has 7 heteroatoms. The molecule has 0 saturated carbocycles. The highest BCUT2D eigenvalue weighted by Gasteiger charge is 2.40. The van der Waals surface area contributed by atoms with E-state index in [-0.39, 0.29) is 29.3 Å². The molecule has 6 nitrogen and oxygen atoms in total. The van der Waals surface area contributed by atoms with Crippen molar-refractivity contribution >= 4 is 11.8 Å². The molecule has 25 heavy (non-hydrogen) atoms. The molecule has 0 spiro atoms. The fourth-order valence-corrected chi connectivity index (χ4v) is 3.92. The van der Waals surface area contributed by atoms with E-state index < -0.39 is 5.82 Å². The summed E-state index contributed by atoms with van der Waals surface area (Å²) in [4.78, 5) is 32.2. The molecule has 2 saturated heterocycles. The third-order valence-electron chi connectivity index (χ3n) is 5.18. The molecule has 2 atom stereocenters. The van der Waals surface area contributed by atoms with E-state index in [1.807, 2.05) is 4.90 Å². The van der Waals surface area contributed by atoms with Crippen LogP contribution in [0, 0.1) is 11.7 Å². The van der Waals surface area contributed by atoms with Crippen LogP contribution < -0.4 is 0 Å². The summed E-state index contributed by atoms with van der Waals surface area (Å²) in [5.74, 6) is -0.434. The van der Waals surface area contributed by atoms with Crippen LogP contribution in [0.2, 0.25) is 0 Å². The van der Waals surface area contributed by atoms with Crippen LogP contribution in [0.4, 0.5) is 4.39 Å². The molecule has 0 aliphatic carbocycles. The fourth-order valence-electron chi connectivity index (χ4n) is 3.92. The Kier molecular flexibility index (Phi) is 5.63. The van der Waals surface area contributed by atoms with E-state index in [0.29, 0.717) is 32.7 Å². The lowest BCUT2D eigenvalue weighted by molar-refractivity contribution is -0.140. The van der Waals surface area contributed by atoms with Crippen molar-refractivity contribution in [2.45, 2.75) is 31.7 Å². The molecule has 0 N–H and O–H groups in total. The van der Waals surface area contributed by atoms with Gasteiger partial charge in [-0.15, -0.1) is 0 Å². The molecule has 3 rings (SSSR count). The zero-order valence-electron chi connectivity index (χ0n) is 14.5. The summed E-state index contributed by atoms with van der Waals surface area (Å²) in [6.07, 6.45) is 5.35. The van der Waals surface area contributed by atoms with Crippen molar-refractivity contribution in [1.29, 1.82) is 0 Å². The van der Waals surface area contributed by atoms with Crippen LogP contribution >= 0.6 is 0 Å². The predicted molar refractivity (Wildman–Crippen MR) is 89.4 cm³/mol. The minimum Gasteiger partial charge on any atom is -0.385 e. The number of likely N-dealkylation sites (tertiary alicyclic amines) is 2. The van der Waals surface area contributed by atoms with E-state index in [9.17, 15) is 14.0 Å². The molecular weight excluding hydrogens is 325 g/mol. The van der Waals surface area contributed by atoms with E-state index in [1.54, 1.807) is 12.0 Å². The van der Waals surface area contributed by atoms with Crippen molar-refractivity contribution in [3.8, 4) is 0 Å². The second kappa shape index (κ2) is 7.91. The summed E-state index contributed by atoms with van der Waals surface area (Å²) in [6, 6.07) is 1.59. The molecular formula is C18H24FN3O3. The van der Waals surface area contributed by atoms with Crippen molar-refractivity contribution in [3.63, 3.8) is 0 Å². The summed E-state index contributed by atoms with van der Waals surface area (Å²) in [5.41, 5.74) is 0.0669. The van der Waals surface area contributed by atoms with Crippen molar-refractivity contribution in [2.75, 3.05) is 33.4 Å². The number of nitrogens with zero attached hydrogens (tertiary/aromatic N) is 3. The van der Waals surface area contributed by atoms with Gasteiger partial charge in [-0.3, -0.25) is 14.6 Å². The Balaban J connectivity index is 1.66. The largest absolute Gasteiger partial charge is 0.385 e. The van der Waals surface area contributed by atoms with Gasteiger partial charge in [-0.25, -0.2) is 4.39 Å². The van der Waals surface area contributed by atoms with Crippen LogP contribution in [0.15, 0.2) is 18.5 Å². The highest BCUT2D eigenvalue weighted by molar-refractivity contribution is 5.94. The van der Waals surface area contributed by atoms with Gasteiger partial charge in [-0.2, -0.15) is 0 Å². The van der Waals surface area contributed by atoms with Crippen molar-refractivity contribution in [3.05, 3.63) is 29.8 Å². The number of pyridine rings is 1. The minimum absolute atomic E-state index is 0.0669. The normalized spacial score (nSPS) is 23.5. The quantitative estimate of drug-likeness (QED) is 0.759. The number of piperidine rings is 2. The second-order valence-electron chi connectivity index (χ2n) is 6.69. The number of aromatic nitrogens is 1. The first-order chi connectivity index (χ1) is 12.1. The lowest BCUT2D eigenvalue weighted by Gasteiger charge is -2.47. The molecule has 2 unspecified atom stereocenters. The minimum atomic E-state index is -0.588. The number of rotatable bonds is 5. The van der Waals surface area contributed by atoms with Crippen molar-refractivity contribution in [2.24, 2.45) is 5.92 Å². The maximum absolute atomic E-state index is 13.8. The lowest BCUT2D eigenvalue weighted by atomic mass is 9.83. The molecule has 2 amide bonds. The molecule has 1 aromatic heterocycles. The Morgan fingerprint density at radius 1 is 1.44 bits per heavy atom. The van der Waals surface area contributed by atoms with Gasteiger partial charge >= 0.3 is 0 Å². The van der Waals surface area contributed by atoms with Crippen molar-refractivity contribution < 1.29 is 18.7 Å². The number of carbonyl (C=O) groups excluding carboxylic acids is 2. The van der Waals surface area contributed by atoms with E-state index in [4.69, 9.17) is 4.74 Å². The number of methoxy groups -OCH3 is 1. The standard InChI is InChI=1S/C18H24FN3O3/c1-25-10-2-8-22-16-6-9-21(12-13(16)3-4-17(22)23)18(24)14-5-7-20-11-15(14)19/h5,7,11,13,16H,2-4,6,8-10,12H2,1H3. The molecule has 2 fully saturated rings. The summed E-state index contributed by atoms with van der Waals surface area (Å²) in [5, 5.41) is 0. The molecule has 1 aromatic rings. The average Bonchev–Trinajstić information content (AvgIpc) is 2.63. The smallest absolute Gasteiger partial charge is 0.256 e. The van der Waals surface area contributed by atoms with E-state index in [0.717, 1.165) is 25.5 Å². The molecule has 2 aliphatic rings. The van der Waals surface area contributed by atoms with E-state index >= 15 is 0 Å². The van der Waals surface area contributed by atoms with Crippen LogP contribution in [0.5, 0.6) is 0 Å². The molecule has 0 bridgehead atoms. The average molecular weight is 349 g/mol. The molecule has 0 radical (unpaired) electrons. The Hall–Kier alpha value is -2.02.